The fourth-order valence-corrected chi connectivity index (χ4v) is 1.70. The van der Waals surface area contributed by atoms with Crippen molar-refractivity contribution in [3.05, 3.63) is 46.7 Å². The van der Waals surface area contributed by atoms with Crippen LogP contribution in [-0.4, -0.2) is 27.3 Å². The van der Waals surface area contributed by atoms with Crippen LogP contribution in [0.25, 0.3) is 0 Å². The Morgan fingerprint density at radius 2 is 2.20 bits per heavy atom. The number of benzene rings is 1. The fraction of sp³-hybridized carbons (Fsp3) is 0.0833. The molecule has 1 aromatic carbocycles. The van der Waals surface area contributed by atoms with Gasteiger partial charge in [0.15, 0.2) is 0 Å². The summed E-state index contributed by atoms with van der Waals surface area (Å²) < 4.78 is 0. The van der Waals surface area contributed by atoms with Crippen LogP contribution in [0.2, 0.25) is 5.02 Å². The number of nitrogens with one attached hydrogen (secondary N) is 3. The van der Waals surface area contributed by atoms with Crippen molar-refractivity contribution in [3.63, 3.8) is 0 Å². The number of carboxylic acids is 1. The van der Waals surface area contributed by atoms with E-state index in [1.165, 1.54) is 18.2 Å². The number of carboxylic acid groups (broad SMARTS) is 1. The standard InChI is InChI=1S/C12H11ClN4O3/c13-9-3-8(11(18)19)1-2-10(9)17-12(20)14-4-7-5-15-16-6-7/h1-3,5-6H,4H2,(H,15,16)(H,18,19)(H2,14,17,20). The van der Waals surface area contributed by atoms with Crippen molar-refractivity contribution in [3.8, 4) is 0 Å². The molecule has 0 saturated heterocycles. The second-order valence-corrected chi connectivity index (χ2v) is 4.32. The van der Waals surface area contributed by atoms with Crippen LogP contribution in [0.4, 0.5) is 10.5 Å². The molecular weight excluding hydrogens is 284 g/mol. The fourth-order valence-electron chi connectivity index (χ4n) is 1.47. The molecule has 2 aromatic rings. The largest absolute Gasteiger partial charge is 0.478 e. The number of hydrogen-bond donors (Lipinski definition) is 4. The van der Waals surface area contributed by atoms with Crippen molar-refractivity contribution in [2.24, 2.45) is 0 Å². The van der Waals surface area contributed by atoms with Crippen molar-refractivity contribution >= 4 is 29.3 Å². The van der Waals surface area contributed by atoms with Crippen LogP contribution in [0.5, 0.6) is 0 Å². The summed E-state index contributed by atoms with van der Waals surface area (Å²) in [7, 11) is 0. The average Bonchev–Trinajstić information content (AvgIpc) is 2.91. The van der Waals surface area contributed by atoms with Crippen molar-refractivity contribution in [2.45, 2.75) is 6.54 Å². The van der Waals surface area contributed by atoms with Gasteiger partial charge in [-0.25, -0.2) is 9.59 Å². The molecule has 1 heterocycles. The second-order valence-electron chi connectivity index (χ2n) is 3.91. The van der Waals surface area contributed by atoms with Gasteiger partial charge in [0.2, 0.25) is 0 Å². The van der Waals surface area contributed by atoms with E-state index in [9.17, 15) is 9.59 Å². The molecule has 0 radical (unpaired) electrons. The van der Waals surface area contributed by atoms with Gasteiger partial charge in [-0.05, 0) is 18.2 Å². The lowest BCUT2D eigenvalue weighted by Gasteiger charge is -2.08. The Morgan fingerprint density at radius 1 is 1.40 bits per heavy atom. The van der Waals surface area contributed by atoms with Crippen LogP contribution < -0.4 is 10.6 Å². The summed E-state index contributed by atoms with van der Waals surface area (Å²) in [6.45, 7) is 0.313. The minimum atomic E-state index is -1.08. The van der Waals surface area contributed by atoms with E-state index in [0.29, 0.717) is 12.2 Å². The number of carbonyl (C=O) groups excluding carboxylic acids is 1. The number of amides is 2. The zero-order valence-corrected chi connectivity index (χ0v) is 10.9. The summed E-state index contributed by atoms with van der Waals surface area (Å²) in [6.07, 6.45) is 3.25. The topological polar surface area (TPSA) is 107 Å². The number of halogens is 1. The molecule has 0 aliphatic heterocycles. The highest BCUT2D eigenvalue weighted by molar-refractivity contribution is 6.34. The van der Waals surface area contributed by atoms with E-state index >= 15 is 0 Å². The van der Waals surface area contributed by atoms with Gasteiger partial charge in [-0.2, -0.15) is 5.10 Å². The molecule has 2 amide bonds. The first-order valence-corrected chi connectivity index (χ1v) is 5.99. The number of aromatic amines is 1. The molecule has 0 atom stereocenters. The molecule has 0 bridgehead atoms. The highest BCUT2D eigenvalue weighted by Gasteiger charge is 2.09. The number of carbonyl (C=O) groups is 2. The van der Waals surface area contributed by atoms with Crippen molar-refractivity contribution in [1.29, 1.82) is 0 Å². The van der Waals surface area contributed by atoms with Crippen LogP contribution in [-0.2, 0) is 6.54 Å². The van der Waals surface area contributed by atoms with Gasteiger partial charge in [0.05, 0.1) is 22.5 Å². The molecule has 0 saturated carbocycles. The first-order valence-electron chi connectivity index (χ1n) is 5.61. The Morgan fingerprint density at radius 3 is 2.80 bits per heavy atom. The highest BCUT2D eigenvalue weighted by atomic mass is 35.5. The van der Waals surface area contributed by atoms with Crippen LogP contribution in [0.15, 0.2) is 30.6 Å². The van der Waals surface area contributed by atoms with E-state index in [1.807, 2.05) is 0 Å². The molecule has 0 aliphatic carbocycles. The minimum absolute atomic E-state index is 0.0550. The van der Waals surface area contributed by atoms with E-state index in [-0.39, 0.29) is 10.6 Å². The van der Waals surface area contributed by atoms with Gasteiger partial charge in [-0.15, -0.1) is 0 Å². The van der Waals surface area contributed by atoms with E-state index < -0.39 is 12.0 Å². The minimum Gasteiger partial charge on any atom is -0.478 e. The lowest BCUT2D eigenvalue weighted by molar-refractivity contribution is 0.0697. The zero-order valence-electron chi connectivity index (χ0n) is 10.2. The average molecular weight is 295 g/mol. The summed E-state index contributed by atoms with van der Waals surface area (Å²) in [6, 6.07) is 3.62. The molecule has 2 rings (SSSR count). The summed E-state index contributed by atoms with van der Waals surface area (Å²) in [5, 5.41) is 20.5. The SMILES string of the molecule is O=C(NCc1cn[nH]c1)Nc1ccc(C(=O)O)cc1Cl. The Hall–Kier alpha value is -2.54. The smallest absolute Gasteiger partial charge is 0.335 e. The molecule has 1 aromatic heterocycles. The number of urea groups is 1. The number of H-pyrrole nitrogens is 1. The summed E-state index contributed by atoms with van der Waals surface area (Å²) in [5.41, 5.74) is 1.22. The second kappa shape index (κ2) is 6.07. The molecule has 104 valence electrons. The van der Waals surface area contributed by atoms with E-state index in [2.05, 4.69) is 20.8 Å². The maximum atomic E-state index is 11.7. The van der Waals surface area contributed by atoms with Gasteiger partial charge in [-0.1, -0.05) is 11.6 Å². The zero-order chi connectivity index (χ0) is 14.5. The maximum absolute atomic E-state index is 11.7. The third-order valence-electron chi connectivity index (χ3n) is 2.47. The number of nitrogens with zero attached hydrogens (tertiary/aromatic N) is 1. The third kappa shape index (κ3) is 3.48. The molecule has 0 spiro atoms. The number of rotatable bonds is 4. The van der Waals surface area contributed by atoms with Crippen molar-refractivity contribution in [1.82, 2.24) is 15.5 Å². The number of aromatic carboxylic acids is 1. The van der Waals surface area contributed by atoms with Gasteiger partial charge in [0, 0.05) is 18.3 Å². The van der Waals surface area contributed by atoms with Gasteiger partial charge in [0.25, 0.3) is 0 Å². The Labute approximate surface area is 119 Å². The first-order chi connectivity index (χ1) is 9.56. The van der Waals surface area contributed by atoms with Crippen LogP contribution in [0, 0.1) is 0 Å². The Bertz CT molecular complexity index is 628. The molecule has 0 fully saturated rings. The van der Waals surface area contributed by atoms with E-state index in [1.54, 1.807) is 12.4 Å². The number of anilines is 1. The van der Waals surface area contributed by atoms with Gasteiger partial charge in [-0.3, -0.25) is 5.10 Å². The van der Waals surface area contributed by atoms with Crippen LogP contribution in [0.1, 0.15) is 15.9 Å². The van der Waals surface area contributed by atoms with E-state index in [0.717, 1.165) is 5.56 Å². The maximum Gasteiger partial charge on any atom is 0.335 e. The lowest BCUT2D eigenvalue weighted by atomic mass is 10.2. The van der Waals surface area contributed by atoms with Gasteiger partial charge in [0.1, 0.15) is 0 Å². The molecule has 20 heavy (non-hydrogen) atoms. The van der Waals surface area contributed by atoms with Crippen molar-refractivity contribution < 1.29 is 14.7 Å². The van der Waals surface area contributed by atoms with Crippen molar-refractivity contribution in [2.75, 3.05) is 5.32 Å². The number of aromatic nitrogens is 2. The normalized spacial score (nSPS) is 10.1. The first kappa shape index (κ1) is 13.9. The van der Waals surface area contributed by atoms with Crippen LogP contribution in [0.3, 0.4) is 0 Å². The highest BCUT2D eigenvalue weighted by Crippen LogP contribution is 2.22. The Kier molecular flexibility index (Phi) is 4.21. The summed E-state index contributed by atoms with van der Waals surface area (Å²) in [5.74, 6) is -1.08. The third-order valence-corrected chi connectivity index (χ3v) is 2.78. The molecule has 4 N–H and O–H groups in total. The number of hydrogen-bond acceptors (Lipinski definition) is 3. The van der Waals surface area contributed by atoms with Gasteiger partial charge >= 0.3 is 12.0 Å². The predicted molar refractivity (Wildman–Crippen MR) is 72.9 cm³/mol. The van der Waals surface area contributed by atoms with E-state index in [4.69, 9.17) is 16.7 Å². The van der Waals surface area contributed by atoms with Crippen LogP contribution >= 0.6 is 11.6 Å². The molecule has 8 heteroatoms. The lowest BCUT2D eigenvalue weighted by Crippen LogP contribution is -2.28. The molecule has 0 unspecified atom stereocenters. The summed E-state index contributed by atoms with van der Waals surface area (Å²) >= 11 is 5.90. The predicted octanol–water partition coefficient (Wildman–Crippen LogP) is 2.08. The molecule has 0 aliphatic rings. The Balaban J connectivity index is 1.95. The molecule has 7 nitrogen and oxygen atoms in total. The monoisotopic (exact) mass is 294 g/mol. The summed E-state index contributed by atoms with van der Waals surface area (Å²) in [4.78, 5) is 22.4. The quantitative estimate of drug-likeness (QED) is 0.692. The molecular formula is C12H11ClN4O3. The van der Waals surface area contributed by atoms with Gasteiger partial charge < -0.3 is 15.7 Å².